The Morgan fingerprint density at radius 3 is 2.74 bits per heavy atom. The molecule has 1 amide bonds. The van der Waals surface area contributed by atoms with Gasteiger partial charge in [0.1, 0.15) is 0 Å². The monoisotopic (exact) mass is 416 g/mol. The molecule has 0 spiro atoms. The number of amides is 1. The molecule has 0 aromatic carbocycles. The van der Waals surface area contributed by atoms with Gasteiger partial charge in [-0.2, -0.15) is 0 Å². The van der Waals surface area contributed by atoms with Crippen LogP contribution in [-0.4, -0.2) is 45.2 Å². The summed E-state index contributed by atoms with van der Waals surface area (Å²) in [6.07, 6.45) is 19.1. The van der Waals surface area contributed by atoms with Gasteiger partial charge >= 0.3 is 0 Å². The van der Waals surface area contributed by atoms with E-state index in [1.165, 1.54) is 6.07 Å². The molecule has 0 aliphatic carbocycles. The van der Waals surface area contributed by atoms with Crippen LogP contribution in [0.25, 0.3) is 11.2 Å². The summed E-state index contributed by atoms with van der Waals surface area (Å²) < 4.78 is 16.3. The van der Waals surface area contributed by atoms with Crippen molar-refractivity contribution < 1.29 is 9.18 Å². The Hall–Kier alpha value is -3.25. The van der Waals surface area contributed by atoms with Gasteiger partial charge in [-0.05, 0) is 69.6 Å². The van der Waals surface area contributed by atoms with Gasteiger partial charge in [-0.3, -0.25) is 9.69 Å². The third kappa shape index (κ3) is 3.79. The molecule has 3 aliphatic heterocycles. The van der Waals surface area contributed by atoms with Crippen LogP contribution in [-0.2, 0) is 4.79 Å². The molecule has 31 heavy (non-hydrogen) atoms. The molecule has 5 heterocycles. The summed E-state index contributed by atoms with van der Waals surface area (Å²) in [4.78, 5) is 21.4. The number of nitrogens with zero attached hydrogens (tertiary/aromatic N) is 4. The fraction of sp³-hybridized carbons (Fsp3) is 0.280. The van der Waals surface area contributed by atoms with Gasteiger partial charge < -0.3 is 9.30 Å². The first-order valence-corrected chi connectivity index (χ1v) is 10.6. The number of aryl methyl sites for hydroxylation is 1. The fourth-order valence-corrected chi connectivity index (χ4v) is 4.46. The lowest BCUT2D eigenvalue weighted by Gasteiger charge is -2.30. The average molecular weight is 417 g/mol. The van der Waals surface area contributed by atoms with Crippen molar-refractivity contribution in [3.63, 3.8) is 0 Å². The van der Waals surface area contributed by atoms with Crippen LogP contribution >= 0.6 is 0 Å². The first-order valence-electron chi connectivity index (χ1n) is 10.6. The van der Waals surface area contributed by atoms with Crippen molar-refractivity contribution in [2.75, 3.05) is 20.1 Å². The van der Waals surface area contributed by atoms with Crippen molar-refractivity contribution in [1.82, 2.24) is 19.2 Å². The number of pyridine rings is 1. The number of hydrogen-bond donors (Lipinski definition) is 0. The molecule has 1 saturated heterocycles. The highest BCUT2D eigenvalue weighted by Crippen LogP contribution is 2.30. The zero-order chi connectivity index (χ0) is 21.5. The molecule has 2 aromatic heterocycles. The minimum Gasteiger partial charge on any atom is -0.306 e. The van der Waals surface area contributed by atoms with Crippen molar-refractivity contribution in [2.45, 2.75) is 19.8 Å². The topological polar surface area (TPSA) is 40.9 Å². The van der Waals surface area contributed by atoms with E-state index in [0.717, 1.165) is 48.5 Å². The maximum atomic E-state index is 14.6. The Balaban J connectivity index is 1.48. The number of carbonyl (C=O) groups is 1. The number of carbonyl (C=O) groups excluding carboxylic acids is 1. The predicted octanol–water partition coefficient (Wildman–Crippen LogP) is 4.24. The number of allylic oxidation sites excluding steroid dienone is 7. The summed E-state index contributed by atoms with van der Waals surface area (Å²) in [6.45, 7) is 3.93. The Morgan fingerprint density at radius 1 is 1.13 bits per heavy atom. The SMILES string of the molecule is Cc1cn2cc(C3=CN4C(=O)/C=C(C5CCN(C)CC5)\C=C\C=C4C=C3)cc(F)c2n1. The van der Waals surface area contributed by atoms with Gasteiger partial charge in [0, 0.05) is 41.5 Å². The van der Waals surface area contributed by atoms with Gasteiger partial charge in [0.05, 0.1) is 5.69 Å². The average Bonchev–Trinajstić information content (AvgIpc) is 3.13. The number of halogens is 1. The smallest absolute Gasteiger partial charge is 0.255 e. The van der Waals surface area contributed by atoms with Gasteiger partial charge in [-0.1, -0.05) is 18.2 Å². The molecule has 0 radical (unpaired) electrons. The lowest BCUT2D eigenvalue weighted by atomic mass is 9.88. The molecule has 0 unspecified atom stereocenters. The molecule has 5 nitrogen and oxygen atoms in total. The van der Waals surface area contributed by atoms with E-state index >= 15 is 0 Å². The largest absolute Gasteiger partial charge is 0.306 e. The molecular weight excluding hydrogens is 391 g/mol. The van der Waals surface area contributed by atoms with Crippen molar-refractivity contribution in [1.29, 1.82) is 0 Å². The van der Waals surface area contributed by atoms with Crippen molar-refractivity contribution in [3.8, 4) is 0 Å². The van der Waals surface area contributed by atoms with Crippen molar-refractivity contribution in [2.24, 2.45) is 5.92 Å². The van der Waals surface area contributed by atoms with E-state index in [1.54, 1.807) is 27.8 Å². The van der Waals surface area contributed by atoms with Gasteiger partial charge in [-0.15, -0.1) is 0 Å². The maximum absolute atomic E-state index is 14.6. The Kier molecular flexibility index (Phi) is 4.94. The molecule has 0 saturated carbocycles. The van der Waals surface area contributed by atoms with E-state index in [2.05, 4.69) is 23.0 Å². The summed E-state index contributed by atoms with van der Waals surface area (Å²) in [6, 6.07) is 1.47. The number of likely N-dealkylation sites (tertiary alicyclic amines) is 1. The number of hydrogen-bond acceptors (Lipinski definition) is 3. The number of piperidine rings is 1. The van der Waals surface area contributed by atoms with Crippen LogP contribution in [0, 0.1) is 18.7 Å². The maximum Gasteiger partial charge on any atom is 0.255 e. The molecule has 1 fully saturated rings. The van der Waals surface area contributed by atoms with E-state index in [1.807, 2.05) is 37.4 Å². The standard InChI is InChI=1S/C25H25FN4O/c1-17-14-29-15-21(12-23(26)25(29)27-17)20-6-7-22-5-3-4-19(13-24(31)30(22)16-20)18-8-10-28(2)11-9-18/h3-7,12-16,18H,8-11H2,1-2H3/b4-3+,19-13+,22-5?. The molecule has 6 heteroatoms. The van der Waals surface area contributed by atoms with E-state index in [9.17, 15) is 9.18 Å². The second kappa shape index (κ2) is 7.78. The second-order valence-corrected chi connectivity index (χ2v) is 8.49. The quantitative estimate of drug-likeness (QED) is 0.735. The van der Waals surface area contributed by atoms with E-state index in [0.29, 0.717) is 17.1 Å². The van der Waals surface area contributed by atoms with Gasteiger partial charge in [-0.25, -0.2) is 9.37 Å². The third-order valence-electron chi connectivity index (χ3n) is 6.21. The molecule has 3 aliphatic rings. The predicted molar refractivity (Wildman–Crippen MR) is 119 cm³/mol. The summed E-state index contributed by atoms with van der Waals surface area (Å²) in [5, 5.41) is 0. The molecule has 2 aromatic rings. The normalized spacial score (nSPS) is 23.0. The van der Waals surface area contributed by atoms with E-state index in [4.69, 9.17) is 0 Å². The Morgan fingerprint density at radius 2 is 1.94 bits per heavy atom. The second-order valence-electron chi connectivity index (χ2n) is 8.49. The molecule has 0 atom stereocenters. The number of fused-ring (bicyclic) bond motifs is 2. The van der Waals surface area contributed by atoms with Gasteiger partial charge in [0.25, 0.3) is 5.91 Å². The summed E-state index contributed by atoms with van der Waals surface area (Å²) >= 11 is 0. The zero-order valence-corrected chi connectivity index (χ0v) is 17.8. The van der Waals surface area contributed by atoms with Crippen LogP contribution in [0.5, 0.6) is 0 Å². The van der Waals surface area contributed by atoms with Crippen molar-refractivity contribution in [3.05, 3.63) is 89.5 Å². The third-order valence-corrected chi connectivity index (χ3v) is 6.21. The molecular formula is C25H25FN4O. The fourth-order valence-electron chi connectivity index (χ4n) is 4.46. The molecule has 0 N–H and O–H groups in total. The minimum absolute atomic E-state index is 0.0774. The summed E-state index contributed by atoms with van der Waals surface area (Å²) in [5.41, 5.74) is 4.41. The summed E-state index contributed by atoms with van der Waals surface area (Å²) in [7, 11) is 2.14. The van der Waals surface area contributed by atoms with Gasteiger partial charge in [0.15, 0.2) is 11.5 Å². The first-order chi connectivity index (χ1) is 15.0. The Bertz CT molecular complexity index is 1210. The van der Waals surface area contributed by atoms with Crippen LogP contribution in [0.3, 0.4) is 0 Å². The van der Waals surface area contributed by atoms with Crippen LogP contribution in [0.4, 0.5) is 4.39 Å². The first kappa shape index (κ1) is 19.7. The molecule has 5 rings (SSSR count). The molecule has 158 valence electrons. The molecule has 0 bridgehead atoms. The van der Waals surface area contributed by atoms with Crippen LogP contribution in [0.2, 0.25) is 0 Å². The highest BCUT2D eigenvalue weighted by molar-refractivity contribution is 5.94. The van der Waals surface area contributed by atoms with Crippen LogP contribution in [0.1, 0.15) is 24.1 Å². The lowest BCUT2D eigenvalue weighted by molar-refractivity contribution is -0.122. The van der Waals surface area contributed by atoms with Gasteiger partial charge in [0.2, 0.25) is 0 Å². The van der Waals surface area contributed by atoms with E-state index < -0.39 is 0 Å². The van der Waals surface area contributed by atoms with Crippen molar-refractivity contribution >= 4 is 17.1 Å². The summed E-state index contributed by atoms with van der Waals surface area (Å²) in [5.74, 6) is -0.0601. The number of aromatic nitrogens is 2. The minimum atomic E-state index is -0.382. The Labute approximate surface area is 181 Å². The van der Waals surface area contributed by atoms with Crippen LogP contribution < -0.4 is 0 Å². The number of imidazole rings is 1. The highest BCUT2D eigenvalue weighted by atomic mass is 19.1. The van der Waals surface area contributed by atoms with E-state index in [-0.39, 0.29) is 11.7 Å². The lowest BCUT2D eigenvalue weighted by Crippen LogP contribution is -2.31. The highest BCUT2D eigenvalue weighted by Gasteiger charge is 2.24. The van der Waals surface area contributed by atoms with Crippen LogP contribution in [0.15, 0.2) is 72.4 Å². The number of rotatable bonds is 2. The zero-order valence-electron chi connectivity index (χ0n) is 17.8.